The molecule has 0 aliphatic carbocycles. The van der Waals surface area contributed by atoms with Crippen molar-refractivity contribution in [2.75, 3.05) is 0 Å². The van der Waals surface area contributed by atoms with Gasteiger partial charge in [0.25, 0.3) is 0 Å². The van der Waals surface area contributed by atoms with E-state index in [9.17, 15) is 4.39 Å². The van der Waals surface area contributed by atoms with Gasteiger partial charge in [-0.05, 0) is 29.3 Å². The zero-order chi connectivity index (χ0) is 13.0. The van der Waals surface area contributed by atoms with Gasteiger partial charge < -0.3 is 4.74 Å². The Bertz CT molecular complexity index is 545. The van der Waals surface area contributed by atoms with Crippen LogP contribution in [0.3, 0.4) is 0 Å². The largest absolute Gasteiger partial charge is 0.372 e. The summed E-state index contributed by atoms with van der Waals surface area (Å²) in [4.78, 5) is 0. The standard InChI is InChI=1S/C14H13BClFO/c15-13-5-4-11(7-14(13)17)9-18-8-10-2-1-3-12(16)6-10/h1-7H,8-9,15H2. The van der Waals surface area contributed by atoms with E-state index in [1.54, 1.807) is 13.9 Å². The summed E-state index contributed by atoms with van der Waals surface area (Å²) in [5, 5.41) is 0.692. The molecule has 2 aromatic carbocycles. The van der Waals surface area contributed by atoms with Gasteiger partial charge in [-0.25, -0.2) is 4.39 Å². The van der Waals surface area contributed by atoms with Crippen molar-refractivity contribution >= 4 is 24.9 Å². The van der Waals surface area contributed by atoms with Gasteiger partial charge in [-0.3, -0.25) is 0 Å². The molecule has 0 heterocycles. The lowest BCUT2D eigenvalue weighted by Crippen LogP contribution is -2.08. The SMILES string of the molecule is Bc1ccc(COCc2cccc(Cl)c2)cc1F. The molecule has 1 nitrogen and oxygen atoms in total. The molecular formula is C14H13BClFO. The number of halogens is 2. The molecule has 0 unspecified atom stereocenters. The van der Waals surface area contributed by atoms with Gasteiger partial charge in [-0.15, -0.1) is 0 Å². The van der Waals surface area contributed by atoms with Crippen LogP contribution in [-0.2, 0) is 18.0 Å². The Morgan fingerprint density at radius 3 is 2.44 bits per heavy atom. The number of hydrogen-bond acceptors (Lipinski definition) is 1. The molecule has 0 bridgehead atoms. The zero-order valence-electron chi connectivity index (χ0n) is 10.1. The normalized spacial score (nSPS) is 10.6. The molecule has 0 aromatic heterocycles. The summed E-state index contributed by atoms with van der Waals surface area (Å²) in [6, 6.07) is 12.6. The Morgan fingerprint density at radius 1 is 1.06 bits per heavy atom. The fraction of sp³-hybridized carbons (Fsp3) is 0.143. The molecule has 0 N–H and O–H groups in total. The second-order valence-corrected chi connectivity index (χ2v) is 4.64. The molecule has 0 spiro atoms. The van der Waals surface area contributed by atoms with Crippen LogP contribution in [0.5, 0.6) is 0 Å². The van der Waals surface area contributed by atoms with E-state index in [1.165, 1.54) is 6.07 Å². The smallest absolute Gasteiger partial charge is 0.143 e. The highest BCUT2D eigenvalue weighted by atomic mass is 35.5. The molecule has 18 heavy (non-hydrogen) atoms. The second-order valence-electron chi connectivity index (χ2n) is 4.21. The molecule has 4 heteroatoms. The number of hydrogen-bond donors (Lipinski definition) is 0. The number of rotatable bonds is 4. The van der Waals surface area contributed by atoms with Crippen molar-refractivity contribution < 1.29 is 9.13 Å². The van der Waals surface area contributed by atoms with Crippen molar-refractivity contribution in [1.29, 1.82) is 0 Å². The number of ether oxygens (including phenoxy) is 1. The highest BCUT2D eigenvalue weighted by molar-refractivity contribution is 6.32. The molecule has 0 radical (unpaired) electrons. The summed E-state index contributed by atoms with van der Waals surface area (Å²) in [7, 11) is 1.74. The minimum atomic E-state index is -0.196. The maximum absolute atomic E-state index is 13.3. The molecule has 0 atom stereocenters. The van der Waals surface area contributed by atoms with Crippen molar-refractivity contribution in [3.05, 3.63) is 64.4 Å². The molecule has 0 saturated heterocycles. The highest BCUT2D eigenvalue weighted by Gasteiger charge is 2.00. The minimum Gasteiger partial charge on any atom is -0.372 e. The lowest BCUT2D eigenvalue weighted by atomic mass is 9.94. The average molecular weight is 263 g/mol. The van der Waals surface area contributed by atoms with Gasteiger partial charge in [0.15, 0.2) is 0 Å². The lowest BCUT2D eigenvalue weighted by molar-refractivity contribution is 0.107. The van der Waals surface area contributed by atoms with Crippen molar-refractivity contribution in [3.8, 4) is 0 Å². The van der Waals surface area contributed by atoms with Crippen LogP contribution in [0.25, 0.3) is 0 Å². The molecule has 0 amide bonds. The Morgan fingerprint density at radius 2 is 1.78 bits per heavy atom. The summed E-state index contributed by atoms with van der Waals surface area (Å²) < 4.78 is 18.8. The molecule has 0 fully saturated rings. The monoisotopic (exact) mass is 262 g/mol. The van der Waals surface area contributed by atoms with Crippen molar-refractivity contribution in [1.82, 2.24) is 0 Å². The molecule has 0 saturated carbocycles. The van der Waals surface area contributed by atoms with Crippen molar-refractivity contribution in [2.45, 2.75) is 13.2 Å². The second kappa shape index (κ2) is 6.03. The zero-order valence-corrected chi connectivity index (χ0v) is 10.9. The topological polar surface area (TPSA) is 9.23 Å². The van der Waals surface area contributed by atoms with Gasteiger partial charge in [0.2, 0.25) is 0 Å². The van der Waals surface area contributed by atoms with Crippen molar-refractivity contribution in [2.24, 2.45) is 0 Å². The third-order valence-corrected chi connectivity index (χ3v) is 2.90. The van der Waals surface area contributed by atoms with Gasteiger partial charge >= 0.3 is 0 Å². The predicted molar refractivity (Wildman–Crippen MR) is 74.5 cm³/mol. The first-order valence-corrected chi connectivity index (χ1v) is 6.10. The molecule has 2 aromatic rings. The summed E-state index contributed by atoms with van der Waals surface area (Å²) >= 11 is 5.87. The molecular weight excluding hydrogens is 249 g/mol. The quantitative estimate of drug-likeness (QED) is 0.769. The van der Waals surface area contributed by atoms with E-state index in [1.807, 2.05) is 30.3 Å². The van der Waals surface area contributed by atoms with Crippen LogP contribution in [-0.4, -0.2) is 7.85 Å². The summed E-state index contributed by atoms with van der Waals surface area (Å²) in [5.41, 5.74) is 2.49. The fourth-order valence-corrected chi connectivity index (χ4v) is 1.85. The van der Waals surface area contributed by atoms with E-state index in [0.717, 1.165) is 11.1 Å². The maximum atomic E-state index is 13.3. The predicted octanol–water partition coefficient (Wildman–Crippen LogP) is 2.45. The van der Waals surface area contributed by atoms with E-state index < -0.39 is 0 Å². The van der Waals surface area contributed by atoms with Gasteiger partial charge in [-0.1, -0.05) is 41.3 Å². The lowest BCUT2D eigenvalue weighted by Gasteiger charge is -2.06. The molecule has 2 rings (SSSR count). The summed E-state index contributed by atoms with van der Waals surface area (Å²) in [6.45, 7) is 0.861. The highest BCUT2D eigenvalue weighted by Crippen LogP contribution is 2.12. The summed E-state index contributed by atoms with van der Waals surface area (Å²) in [5.74, 6) is -0.196. The van der Waals surface area contributed by atoms with Crippen LogP contribution in [0.15, 0.2) is 42.5 Å². The van der Waals surface area contributed by atoms with Gasteiger partial charge in [0.1, 0.15) is 13.7 Å². The van der Waals surface area contributed by atoms with Gasteiger partial charge in [0.05, 0.1) is 13.2 Å². The Hall–Kier alpha value is -1.32. The Balaban J connectivity index is 1.90. The Kier molecular flexibility index (Phi) is 4.40. The van der Waals surface area contributed by atoms with E-state index >= 15 is 0 Å². The molecule has 0 aliphatic rings. The fourth-order valence-electron chi connectivity index (χ4n) is 1.64. The first-order valence-electron chi connectivity index (χ1n) is 5.72. The Labute approximate surface area is 112 Å². The van der Waals surface area contributed by atoms with Crippen LogP contribution in [0, 0.1) is 5.82 Å². The van der Waals surface area contributed by atoms with Crippen LogP contribution >= 0.6 is 11.6 Å². The average Bonchev–Trinajstić information content (AvgIpc) is 2.34. The third kappa shape index (κ3) is 3.59. The first kappa shape index (κ1) is 13.1. The molecule has 0 aliphatic heterocycles. The van der Waals surface area contributed by atoms with Crippen molar-refractivity contribution in [3.63, 3.8) is 0 Å². The first-order chi connectivity index (χ1) is 8.65. The minimum absolute atomic E-state index is 0.196. The van der Waals surface area contributed by atoms with Gasteiger partial charge in [-0.2, -0.15) is 0 Å². The van der Waals surface area contributed by atoms with E-state index in [2.05, 4.69) is 0 Å². The van der Waals surface area contributed by atoms with Crippen LogP contribution in [0.1, 0.15) is 11.1 Å². The van der Waals surface area contributed by atoms with E-state index in [4.69, 9.17) is 16.3 Å². The van der Waals surface area contributed by atoms with Crippen LogP contribution < -0.4 is 5.46 Å². The third-order valence-electron chi connectivity index (χ3n) is 2.66. The van der Waals surface area contributed by atoms with E-state index in [-0.39, 0.29) is 5.82 Å². The van der Waals surface area contributed by atoms with Crippen LogP contribution in [0.2, 0.25) is 5.02 Å². The van der Waals surface area contributed by atoms with Crippen LogP contribution in [0.4, 0.5) is 4.39 Å². The van der Waals surface area contributed by atoms with Gasteiger partial charge in [0, 0.05) is 5.02 Å². The molecule has 92 valence electrons. The van der Waals surface area contributed by atoms with E-state index in [0.29, 0.717) is 23.7 Å². The number of benzene rings is 2. The maximum Gasteiger partial charge on any atom is 0.143 e. The summed E-state index contributed by atoms with van der Waals surface area (Å²) in [6.07, 6.45) is 0.